The van der Waals surface area contributed by atoms with Gasteiger partial charge in [0.05, 0.1) is 6.20 Å². The molecule has 3 aromatic rings. The summed E-state index contributed by atoms with van der Waals surface area (Å²) in [5, 5.41) is 8.93. The van der Waals surface area contributed by atoms with Crippen molar-refractivity contribution in [2.45, 2.75) is 20.0 Å². The van der Waals surface area contributed by atoms with E-state index in [9.17, 15) is 0 Å². The third-order valence-electron chi connectivity index (χ3n) is 5.10. The molecule has 0 spiro atoms. The Morgan fingerprint density at radius 3 is 2.64 bits per heavy atom. The molecule has 28 heavy (non-hydrogen) atoms. The minimum absolute atomic E-state index is 0.818. The van der Waals surface area contributed by atoms with Crippen molar-refractivity contribution in [1.29, 1.82) is 0 Å². The third kappa shape index (κ3) is 4.57. The van der Waals surface area contributed by atoms with Gasteiger partial charge in [0.15, 0.2) is 10.6 Å². The Morgan fingerprint density at radius 1 is 1.18 bits per heavy atom. The number of anilines is 3. The molecule has 0 unspecified atom stereocenters. The number of aromatic amines is 1. The summed E-state index contributed by atoms with van der Waals surface area (Å²) in [5.74, 6) is 1.19. The van der Waals surface area contributed by atoms with E-state index in [0.717, 1.165) is 54.0 Å². The van der Waals surface area contributed by atoms with E-state index in [0.29, 0.717) is 0 Å². The summed E-state index contributed by atoms with van der Waals surface area (Å²) in [7, 11) is 0. The molecular formula is C20H26N6S2+2. The minimum atomic E-state index is 0.818. The average molecular weight is 415 g/mol. The number of piperazine rings is 1. The van der Waals surface area contributed by atoms with Gasteiger partial charge in [-0.05, 0) is 42.4 Å². The normalized spacial score (nSPS) is 15.0. The fourth-order valence-electron chi connectivity index (χ4n) is 3.42. The van der Waals surface area contributed by atoms with Gasteiger partial charge in [0.2, 0.25) is 5.13 Å². The maximum absolute atomic E-state index is 5.55. The molecule has 4 rings (SSSR count). The Balaban J connectivity index is 1.35. The van der Waals surface area contributed by atoms with Crippen molar-refractivity contribution in [3.63, 3.8) is 0 Å². The molecule has 0 saturated carbocycles. The quantitative estimate of drug-likeness (QED) is 0.607. The zero-order valence-corrected chi connectivity index (χ0v) is 17.7. The Morgan fingerprint density at radius 2 is 1.96 bits per heavy atom. The number of aryl methyl sites for hydroxylation is 1. The molecule has 0 aliphatic carbocycles. The van der Waals surface area contributed by atoms with Gasteiger partial charge in [-0.25, -0.2) is 4.98 Å². The Bertz CT molecular complexity index is 943. The van der Waals surface area contributed by atoms with Gasteiger partial charge in [0.25, 0.3) is 5.82 Å². The average Bonchev–Trinajstić information content (AvgIpc) is 3.08. The second-order valence-corrected chi connectivity index (χ2v) is 8.61. The van der Waals surface area contributed by atoms with Crippen LogP contribution in [-0.4, -0.2) is 36.0 Å². The van der Waals surface area contributed by atoms with E-state index >= 15 is 0 Å². The van der Waals surface area contributed by atoms with Crippen LogP contribution in [0, 0.1) is 3.95 Å². The zero-order valence-electron chi connectivity index (χ0n) is 16.0. The van der Waals surface area contributed by atoms with Crippen molar-refractivity contribution in [3.05, 3.63) is 58.2 Å². The number of nitrogens with zero attached hydrogens (tertiary/aromatic N) is 3. The number of hydrogen-bond acceptors (Lipinski definition) is 5. The number of nitrogens with one attached hydrogen (secondary N) is 3. The van der Waals surface area contributed by atoms with Crippen molar-refractivity contribution in [3.8, 4) is 0 Å². The van der Waals surface area contributed by atoms with Crippen molar-refractivity contribution in [1.82, 2.24) is 9.78 Å². The molecule has 8 heteroatoms. The van der Waals surface area contributed by atoms with Crippen LogP contribution in [0.3, 0.4) is 0 Å². The van der Waals surface area contributed by atoms with Gasteiger partial charge in [0.1, 0.15) is 26.2 Å². The van der Waals surface area contributed by atoms with Crippen LogP contribution in [-0.2, 0) is 13.1 Å². The number of aromatic nitrogens is 3. The van der Waals surface area contributed by atoms with Gasteiger partial charge < -0.3 is 10.2 Å². The minimum Gasteiger partial charge on any atom is -0.330 e. The number of hydrogen-bond donors (Lipinski definition) is 2. The number of pyridine rings is 1. The largest absolute Gasteiger partial charge is 0.330 e. The van der Waals surface area contributed by atoms with Crippen LogP contribution in [0.25, 0.3) is 0 Å². The van der Waals surface area contributed by atoms with Crippen molar-refractivity contribution in [2.75, 3.05) is 36.4 Å². The lowest BCUT2D eigenvalue weighted by atomic mass is 10.1. The van der Waals surface area contributed by atoms with E-state index in [-0.39, 0.29) is 0 Å². The molecule has 6 nitrogen and oxygen atoms in total. The topological polar surface area (TPSA) is 51.7 Å². The lowest BCUT2D eigenvalue weighted by Crippen LogP contribution is -3.14. The standard InChI is InChI=1S/C20H24N6S2/c1-2-16-6-8-17(9-7-16)22-19-23-26(20(27)28-19)15-24-11-13-25(14-12-24)18-5-3-4-10-21-18/h3-10H,2,11-15H2,1H3,(H,22,23)/p+2. The molecule has 1 fully saturated rings. The molecule has 2 aromatic heterocycles. The van der Waals surface area contributed by atoms with Crippen LogP contribution in [0.5, 0.6) is 0 Å². The number of benzene rings is 1. The van der Waals surface area contributed by atoms with Gasteiger partial charge in [-0.3, -0.25) is 4.90 Å². The number of rotatable bonds is 6. The highest BCUT2D eigenvalue weighted by atomic mass is 32.1. The smallest absolute Gasteiger partial charge is 0.274 e. The zero-order chi connectivity index (χ0) is 19.3. The molecule has 1 aromatic carbocycles. The maximum atomic E-state index is 5.55. The summed E-state index contributed by atoms with van der Waals surface area (Å²) < 4.78 is 2.78. The molecule has 1 aliphatic rings. The summed E-state index contributed by atoms with van der Waals surface area (Å²) in [6.45, 7) is 7.19. The van der Waals surface area contributed by atoms with Crippen LogP contribution in [0.15, 0.2) is 48.7 Å². The van der Waals surface area contributed by atoms with Crippen molar-refractivity contribution >= 4 is 40.2 Å². The number of H-pyrrole nitrogens is 1. The van der Waals surface area contributed by atoms with Crippen molar-refractivity contribution in [2.24, 2.45) is 0 Å². The summed E-state index contributed by atoms with van der Waals surface area (Å²) in [6, 6.07) is 14.7. The van der Waals surface area contributed by atoms with Gasteiger partial charge in [0, 0.05) is 11.8 Å². The molecule has 3 heterocycles. The fourth-order valence-corrected chi connectivity index (χ4v) is 4.44. The Labute approximate surface area is 174 Å². The summed E-state index contributed by atoms with van der Waals surface area (Å²) in [6.07, 6.45) is 3.03. The first-order valence-electron chi connectivity index (χ1n) is 9.70. The second-order valence-electron chi connectivity index (χ2n) is 6.99. The molecule has 0 amide bonds. The SMILES string of the molecule is CCc1ccc(Nc2nn(C[NH+]3CCN(c4cccc[nH+]4)CC3)c(=S)s2)cc1. The fraction of sp³-hybridized carbons (Fsp3) is 0.350. The monoisotopic (exact) mass is 414 g/mol. The highest BCUT2D eigenvalue weighted by molar-refractivity contribution is 7.73. The Hall–Kier alpha value is -2.29. The van der Waals surface area contributed by atoms with E-state index < -0.39 is 0 Å². The van der Waals surface area contributed by atoms with Crippen LogP contribution in [0.4, 0.5) is 16.6 Å². The molecule has 1 aliphatic heterocycles. The highest BCUT2D eigenvalue weighted by Gasteiger charge is 2.26. The maximum Gasteiger partial charge on any atom is 0.274 e. The van der Waals surface area contributed by atoms with E-state index in [1.807, 2.05) is 16.9 Å². The predicted octanol–water partition coefficient (Wildman–Crippen LogP) is 2.16. The summed E-state index contributed by atoms with van der Waals surface area (Å²) in [4.78, 5) is 7.23. The summed E-state index contributed by atoms with van der Waals surface area (Å²) in [5.41, 5.74) is 2.38. The molecule has 3 N–H and O–H groups in total. The van der Waals surface area contributed by atoms with Gasteiger partial charge in [-0.2, -0.15) is 4.68 Å². The first-order chi connectivity index (χ1) is 13.7. The molecule has 146 valence electrons. The lowest BCUT2D eigenvalue weighted by molar-refractivity contribution is -0.924. The van der Waals surface area contributed by atoms with Gasteiger partial charge in [-0.15, -0.1) is 5.10 Å². The van der Waals surface area contributed by atoms with Crippen LogP contribution in [0.2, 0.25) is 0 Å². The highest BCUT2D eigenvalue weighted by Crippen LogP contribution is 2.20. The molecular weight excluding hydrogens is 388 g/mol. The lowest BCUT2D eigenvalue weighted by Gasteiger charge is -2.27. The van der Waals surface area contributed by atoms with E-state index in [1.165, 1.54) is 27.6 Å². The second kappa shape index (κ2) is 8.81. The third-order valence-corrected chi connectivity index (χ3v) is 6.32. The predicted molar refractivity (Wildman–Crippen MR) is 116 cm³/mol. The first kappa shape index (κ1) is 19.0. The molecule has 0 radical (unpaired) electrons. The van der Waals surface area contributed by atoms with Crippen LogP contribution >= 0.6 is 23.6 Å². The summed E-state index contributed by atoms with van der Waals surface area (Å²) >= 11 is 7.08. The number of quaternary nitrogens is 1. The van der Waals surface area contributed by atoms with Crippen molar-refractivity contribution < 1.29 is 9.88 Å². The van der Waals surface area contributed by atoms with E-state index in [4.69, 9.17) is 17.3 Å². The van der Waals surface area contributed by atoms with Crippen LogP contribution < -0.4 is 20.1 Å². The Kier molecular flexibility index (Phi) is 5.99. The van der Waals surface area contributed by atoms with Gasteiger partial charge >= 0.3 is 0 Å². The molecule has 0 bridgehead atoms. The van der Waals surface area contributed by atoms with E-state index in [2.05, 4.69) is 58.5 Å². The van der Waals surface area contributed by atoms with Crippen LogP contribution in [0.1, 0.15) is 12.5 Å². The molecule has 0 atom stereocenters. The van der Waals surface area contributed by atoms with E-state index in [1.54, 1.807) is 0 Å². The molecule has 1 saturated heterocycles. The van der Waals surface area contributed by atoms with Gasteiger partial charge in [-0.1, -0.05) is 36.5 Å². The first-order valence-corrected chi connectivity index (χ1v) is 10.9.